The lowest BCUT2D eigenvalue weighted by molar-refractivity contribution is 0.0137. The van der Waals surface area contributed by atoms with E-state index in [9.17, 15) is 0 Å². The van der Waals surface area contributed by atoms with Crippen molar-refractivity contribution in [1.82, 2.24) is 9.80 Å². The topological polar surface area (TPSA) is 24.9 Å². The molecule has 2 aromatic carbocycles. The van der Waals surface area contributed by atoms with Crippen LogP contribution in [0.3, 0.4) is 0 Å². The highest BCUT2D eigenvalue weighted by Crippen LogP contribution is 2.26. The van der Waals surface area contributed by atoms with Crippen molar-refractivity contribution in [2.45, 2.75) is 33.0 Å². The SMILES string of the molecule is Cc1cccc(C)c1OC1CN(Cc2cccc(CN3CCOCC3)c2)C1. The maximum Gasteiger partial charge on any atom is 0.125 e. The van der Waals surface area contributed by atoms with Gasteiger partial charge >= 0.3 is 0 Å². The molecule has 0 spiro atoms. The van der Waals surface area contributed by atoms with Gasteiger partial charge in [-0.25, -0.2) is 0 Å². The van der Waals surface area contributed by atoms with Crippen LogP contribution in [0.5, 0.6) is 5.75 Å². The third-order valence-corrected chi connectivity index (χ3v) is 5.52. The predicted octanol–water partition coefficient (Wildman–Crippen LogP) is 3.40. The molecule has 2 saturated heterocycles. The predicted molar refractivity (Wildman–Crippen MR) is 108 cm³/mol. The van der Waals surface area contributed by atoms with Crippen LogP contribution in [0.4, 0.5) is 0 Å². The number of hydrogen-bond acceptors (Lipinski definition) is 4. The highest BCUT2D eigenvalue weighted by Gasteiger charge is 2.29. The minimum atomic E-state index is 0.307. The van der Waals surface area contributed by atoms with Gasteiger partial charge in [0.15, 0.2) is 0 Å². The van der Waals surface area contributed by atoms with Crippen LogP contribution in [0.2, 0.25) is 0 Å². The fourth-order valence-corrected chi connectivity index (χ4v) is 3.98. The van der Waals surface area contributed by atoms with Gasteiger partial charge in [0.05, 0.1) is 13.2 Å². The third-order valence-electron chi connectivity index (χ3n) is 5.52. The molecule has 4 nitrogen and oxygen atoms in total. The van der Waals surface area contributed by atoms with Gasteiger partial charge in [0.1, 0.15) is 11.9 Å². The first-order valence-corrected chi connectivity index (χ1v) is 10.0. The molecule has 144 valence electrons. The summed E-state index contributed by atoms with van der Waals surface area (Å²) in [6, 6.07) is 15.4. The molecule has 2 aliphatic rings. The van der Waals surface area contributed by atoms with E-state index in [2.05, 4.69) is 66.1 Å². The molecule has 27 heavy (non-hydrogen) atoms. The molecule has 4 rings (SSSR count). The van der Waals surface area contributed by atoms with E-state index in [0.29, 0.717) is 6.10 Å². The molecule has 0 atom stereocenters. The number of rotatable bonds is 6. The van der Waals surface area contributed by atoms with Crippen molar-refractivity contribution in [3.63, 3.8) is 0 Å². The van der Waals surface area contributed by atoms with E-state index in [4.69, 9.17) is 9.47 Å². The summed E-state index contributed by atoms with van der Waals surface area (Å²) in [5.74, 6) is 1.06. The number of hydrogen-bond donors (Lipinski definition) is 0. The molecule has 2 fully saturated rings. The Balaban J connectivity index is 1.28. The second-order valence-electron chi connectivity index (χ2n) is 7.86. The number of para-hydroxylation sites is 1. The van der Waals surface area contributed by atoms with Crippen LogP contribution in [0.1, 0.15) is 22.3 Å². The van der Waals surface area contributed by atoms with Gasteiger partial charge in [0.25, 0.3) is 0 Å². The minimum Gasteiger partial charge on any atom is -0.487 e. The Morgan fingerprint density at radius 2 is 1.48 bits per heavy atom. The second-order valence-corrected chi connectivity index (χ2v) is 7.86. The monoisotopic (exact) mass is 366 g/mol. The number of aryl methyl sites for hydroxylation is 2. The number of ether oxygens (including phenoxy) is 2. The average Bonchev–Trinajstić information content (AvgIpc) is 2.63. The summed E-state index contributed by atoms with van der Waals surface area (Å²) in [5, 5.41) is 0. The molecule has 0 saturated carbocycles. The van der Waals surface area contributed by atoms with Crippen LogP contribution < -0.4 is 4.74 Å². The average molecular weight is 367 g/mol. The maximum absolute atomic E-state index is 6.24. The van der Waals surface area contributed by atoms with Gasteiger partial charge in [0.2, 0.25) is 0 Å². The molecule has 4 heteroatoms. The molecule has 2 aromatic rings. The van der Waals surface area contributed by atoms with Crippen LogP contribution in [-0.2, 0) is 17.8 Å². The Hall–Kier alpha value is -1.88. The molecule has 0 aliphatic carbocycles. The van der Waals surface area contributed by atoms with Gasteiger partial charge in [-0.2, -0.15) is 0 Å². The van der Waals surface area contributed by atoms with Crippen LogP contribution in [0.15, 0.2) is 42.5 Å². The quantitative estimate of drug-likeness (QED) is 0.782. The lowest BCUT2D eigenvalue weighted by Crippen LogP contribution is -2.53. The van der Waals surface area contributed by atoms with Crippen LogP contribution >= 0.6 is 0 Å². The summed E-state index contributed by atoms with van der Waals surface area (Å²) < 4.78 is 11.7. The summed E-state index contributed by atoms with van der Waals surface area (Å²) in [5.41, 5.74) is 5.25. The first-order valence-electron chi connectivity index (χ1n) is 10.0. The van der Waals surface area contributed by atoms with Gasteiger partial charge in [-0.1, -0.05) is 42.5 Å². The largest absolute Gasteiger partial charge is 0.487 e. The molecular weight excluding hydrogens is 336 g/mol. The summed E-state index contributed by atoms with van der Waals surface area (Å²) in [6.07, 6.45) is 0.307. The third kappa shape index (κ3) is 4.70. The lowest BCUT2D eigenvalue weighted by atomic mass is 10.1. The van der Waals surface area contributed by atoms with E-state index >= 15 is 0 Å². The maximum atomic E-state index is 6.24. The molecule has 0 amide bonds. The Morgan fingerprint density at radius 1 is 0.889 bits per heavy atom. The van der Waals surface area contributed by atoms with Crippen LogP contribution in [0.25, 0.3) is 0 Å². The standard InChI is InChI=1S/C23H30N2O2/c1-18-5-3-6-19(2)23(18)27-22-16-25(17-22)15-21-8-4-7-20(13-21)14-24-9-11-26-12-10-24/h3-8,13,22H,9-12,14-17H2,1-2H3. The highest BCUT2D eigenvalue weighted by atomic mass is 16.5. The van der Waals surface area contributed by atoms with Gasteiger partial charge in [-0.05, 0) is 36.1 Å². The Morgan fingerprint density at radius 3 is 2.15 bits per heavy atom. The van der Waals surface area contributed by atoms with Crippen molar-refractivity contribution >= 4 is 0 Å². The second kappa shape index (κ2) is 8.42. The first-order chi connectivity index (χ1) is 13.2. The van der Waals surface area contributed by atoms with Gasteiger partial charge < -0.3 is 9.47 Å². The zero-order chi connectivity index (χ0) is 18.6. The number of benzene rings is 2. The lowest BCUT2D eigenvalue weighted by Gasteiger charge is -2.39. The molecule has 2 heterocycles. The number of likely N-dealkylation sites (tertiary alicyclic amines) is 1. The van der Waals surface area contributed by atoms with Gasteiger partial charge in [-0.15, -0.1) is 0 Å². The normalized spacial score (nSPS) is 19.0. The molecule has 0 radical (unpaired) electrons. The number of morpholine rings is 1. The van der Waals surface area contributed by atoms with E-state index < -0.39 is 0 Å². The van der Waals surface area contributed by atoms with Crippen molar-refractivity contribution in [2.75, 3.05) is 39.4 Å². The van der Waals surface area contributed by atoms with Crippen LogP contribution in [-0.4, -0.2) is 55.3 Å². The van der Waals surface area contributed by atoms with Crippen LogP contribution in [0, 0.1) is 13.8 Å². The molecule has 2 aliphatic heterocycles. The zero-order valence-electron chi connectivity index (χ0n) is 16.5. The van der Waals surface area contributed by atoms with E-state index in [-0.39, 0.29) is 0 Å². The fraction of sp³-hybridized carbons (Fsp3) is 0.478. The molecule has 0 bridgehead atoms. The van der Waals surface area contributed by atoms with Gasteiger partial charge in [-0.3, -0.25) is 9.80 Å². The van der Waals surface area contributed by atoms with E-state index in [1.54, 1.807) is 0 Å². The minimum absolute atomic E-state index is 0.307. The van der Waals surface area contributed by atoms with E-state index in [1.165, 1.54) is 22.3 Å². The van der Waals surface area contributed by atoms with Crippen molar-refractivity contribution < 1.29 is 9.47 Å². The van der Waals surface area contributed by atoms with Crippen molar-refractivity contribution in [2.24, 2.45) is 0 Å². The number of nitrogens with zero attached hydrogens (tertiary/aromatic N) is 2. The Kier molecular flexibility index (Phi) is 5.77. The molecular formula is C23H30N2O2. The van der Waals surface area contributed by atoms with Crippen molar-refractivity contribution in [3.05, 3.63) is 64.7 Å². The van der Waals surface area contributed by atoms with Gasteiger partial charge in [0, 0.05) is 39.3 Å². The summed E-state index contributed by atoms with van der Waals surface area (Å²) >= 11 is 0. The summed E-state index contributed by atoms with van der Waals surface area (Å²) in [6.45, 7) is 12.1. The fourth-order valence-electron chi connectivity index (χ4n) is 3.98. The summed E-state index contributed by atoms with van der Waals surface area (Å²) in [7, 11) is 0. The smallest absolute Gasteiger partial charge is 0.125 e. The molecule has 0 aromatic heterocycles. The Labute approximate surface area is 162 Å². The first kappa shape index (κ1) is 18.5. The molecule has 0 N–H and O–H groups in total. The zero-order valence-corrected chi connectivity index (χ0v) is 16.5. The van der Waals surface area contributed by atoms with E-state index in [0.717, 1.165) is 58.2 Å². The highest BCUT2D eigenvalue weighted by molar-refractivity contribution is 5.40. The molecule has 0 unspecified atom stereocenters. The van der Waals surface area contributed by atoms with E-state index in [1.807, 2.05) is 0 Å². The Bertz CT molecular complexity index is 744. The summed E-state index contributed by atoms with van der Waals surface area (Å²) in [4.78, 5) is 4.94. The van der Waals surface area contributed by atoms with Crippen molar-refractivity contribution in [1.29, 1.82) is 0 Å². The van der Waals surface area contributed by atoms with Crippen molar-refractivity contribution in [3.8, 4) is 5.75 Å².